The lowest BCUT2D eigenvalue weighted by molar-refractivity contribution is 0.0335. The van der Waals surface area contributed by atoms with Gasteiger partial charge in [0.05, 0.1) is 16.7 Å². The molecule has 0 spiro atoms. The molecule has 1 unspecified atom stereocenters. The van der Waals surface area contributed by atoms with Crippen LogP contribution in [0.15, 0.2) is 24.3 Å². The standard InChI is InChI=1S/C19H21N3O2/c23-19(22-9-14(10-22)13-7-8-24-11-13)18-17(12-5-6-12)20-15-3-1-2-4-16(15)21-18/h1-4,12-14H,5-11H2. The van der Waals surface area contributed by atoms with Crippen molar-refractivity contribution in [1.29, 1.82) is 0 Å². The second kappa shape index (κ2) is 5.52. The minimum atomic E-state index is 0.0605. The van der Waals surface area contributed by atoms with E-state index in [-0.39, 0.29) is 5.91 Å². The quantitative estimate of drug-likeness (QED) is 0.871. The third-order valence-corrected chi connectivity index (χ3v) is 5.59. The molecule has 0 bridgehead atoms. The summed E-state index contributed by atoms with van der Waals surface area (Å²) in [6.07, 6.45) is 3.38. The van der Waals surface area contributed by atoms with E-state index in [4.69, 9.17) is 9.72 Å². The Bertz CT molecular complexity index is 790. The fourth-order valence-corrected chi connectivity index (χ4v) is 3.86. The first-order chi connectivity index (χ1) is 11.8. The summed E-state index contributed by atoms with van der Waals surface area (Å²) in [5.41, 5.74) is 3.19. The number of carbonyl (C=O) groups excluding carboxylic acids is 1. The summed E-state index contributed by atoms with van der Waals surface area (Å²) in [5.74, 6) is 1.69. The van der Waals surface area contributed by atoms with Gasteiger partial charge in [-0.25, -0.2) is 9.97 Å². The van der Waals surface area contributed by atoms with Crippen LogP contribution in [-0.2, 0) is 4.74 Å². The van der Waals surface area contributed by atoms with E-state index >= 15 is 0 Å². The summed E-state index contributed by atoms with van der Waals surface area (Å²) in [6, 6.07) is 7.83. The molecule has 1 aromatic heterocycles. The van der Waals surface area contributed by atoms with Crippen molar-refractivity contribution in [2.75, 3.05) is 26.3 Å². The maximum atomic E-state index is 13.0. The lowest BCUT2D eigenvalue weighted by Crippen LogP contribution is -2.53. The lowest BCUT2D eigenvalue weighted by atomic mass is 9.85. The van der Waals surface area contributed by atoms with E-state index in [9.17, 15) is 4.79 Å². The average Bonchev–Trinajstić information content (AvgIpc) is 3.28. The van der Waals surface area contributed by atoms with Gasteiger partial charge in [0.25, 0.3) is 5.91 Å². The van der Waals surface area contributed by atoms with Crippen LogP contribution in [0.4, 0.5) is 0 Å². The Morgan fingerprint density at radius 1 is 1.04 bits per heavy atom. The van der Waals surface area contributed by atoms with Gasteiger partial charge in [0.2, 0.25) is 0 Å². The van der Waals surface area contributed by atoms with E-state index in [1.807, 2.05) is 29.2 Å². The highest BCUT2D eigenvalue weighted by molar-refractivity contribution is 5.96. The van der Waals surface area contributed by atoms with Crippen LogP contribution in [0.3, 0.4) is 0 Å². The fourth-order valence-electron chi connectivity index (χ4n) is 3.86. The van der Waals surface area contributed by atoms with E-state index < -0.39 is 0 Å². The number of aromatic nitrogens is 2. The molecular weight excluding hydrogens is 302 g/mol. The second-order valence-electron chi connectivity index (χ2n) is 7.31. The van der Waals surface area contributed by atoms with Gasteiger partial charge in [-0.2, -0.15) is 0 Å². The number of ether oxygens (including phenoxy) is 1. The summed E-state index contributed by atoms with van der Waals surface area (Å²) in [5, 5.41) is 0. The molecule has 124 valence electrons. The molecule has 3 heterocycles. The molecule has 2 saturated heterocycles. The average molecular weight is 323 g/mol. The van der Waals surface area contributed by atoms with Crippen molar-refractivity contribution in [3.05, 3.63) is 35.7 Å². The highest BCUT2D eigenvalue weighted by Crippen LogP contribution is 2.41. The van der Waals surface area contributed by atoms with Gasteiger partial charge in [-0.15, -0.1) is 0 Å². The van der Waals surface area contributed by atoms with Gasteiger partial charge in [-0.1, -0.05) is 12.1 Å². The monoisotopic (exact) mass is 323 g/mol. The van der Waals surface area contributed by atoms with E-state index in [2.05, 4.69) is 4.98 Å². The Morgan fingerprint density at radius 2 is 1.79 bits per heavy atom. The molecule has 1 aromatic carbocycles. The third kappa shape index (κ3) is 2.38. The number of carbonyl (C=O) groups is 1. The van der Waals surface area contributed by atoms with Gasteiger partial charge >= 0.3 is 0 Å². The number of hydrogen-bond acceptors (Lipinski definition) is 4. The number of likely N-dealkylation sites (tertiary alicyclic amines) is 1. The highest BCUT2D eigenvalue weighted by Gasteiger charge is 2.40. The second-order valence-corrected chi connectivity index (χ2v) is 7.31. The van der Waals surface area contributed by atoms with Crippen LogP contribution in [0.25, 0.3) is 11.0 Å². The molecule has 0 N–H and O–H groups in total. The molecule has 24 heavy (non-hydrogen) atoms. The molecule has 5 rings (SSSR count). The number of amides is 1. The van der Waals surface area contributed by atoms with Crippen molar-refractivity contribution < 1.29 is 9.53 Å². The topological polar surface area (TPSA) is 55.3 Å². The summed E-state index contributed by atoms with van der Waals surface area (Å²) >= 11 is 0. The van der Waals surface area contributed by atoms with Crippen molar-refractivity contribution in [2.24, 2.45) is 11.8 Å². The number of fused-ring (bicyclic) bond motifs is 1. The Labute approximate surface area is 141 Å². The van der Waals surface area contributed by atoms with Crippen molar-refractivity contribution >= 4 is 16.9 Å². The predicted octanol–water partition coefficient (Wildman–Crippen LogP) is 2.62. The highest BCUT2D eigenvalue weighted by atomic mass is 16.5. The maximum Gasteiger partial charge on any atom is 0.274 e. The first kappa shape index (κ1) is 14.3. The first-order valence-corrected chi connectivity index (χ1v) is 8.93. The van der Waals surface area contributed by atoms with Crippen molar-refractivity contribution in [3.63, 3.8) is 0 Å². The van der Waals surface area contributed by atoms with E-state index in [1.54, 1.807) is 0 Å². The van der Waals surface area contributed by atoms with Crippen LogP contribution >= 0.6 is 0 Å². The third-order valence-electron chi connectivity index (χ3n) is 5.59. The van der Waals surface area contributed by atoms with E-state index in [0.29, 0.717) is 23.4 Å². The molecular formula is C19H21N3O2. The minimum Gasteiger partial charge on any atom is -0.381 e. The zero-order valence-electron chi connectivity index (χ0n) is 13.6. The number of rotatable bonds is 3. The Hall–Kier alpha value is -2.01. The SMILES string of the molecule is O=C(c1nc2ccccc2nc1C1CC1)N1CC(C2CCOC2)C1. The van der Waals surface area contributed by atoms with Gasteiger partial charge in [0.15, 0.2) is 5.69 Å². The number of hydrogen-bond donors (Lipinski definition) is 0. The summed E-state index contributed by atoms with van der Waals surface area (Å²) in [6.45, 7) is 3.41. The van der Waals surface area contributed by atoms with Gasteiger partial charge in [0, 0.05) is 32.2 Å². The molecule has 5 heteroatoms. The van der Waals surface area contributed by atoms with Crippen LogP contribution in [0, 0.1) is 11.8 Å². The molecule has 5 nitrogen and oxygen atoms in total. The summed E-state index contributed by atoms with van der Waals surface area (Å²) in [7, 11) is 0. The Balaban J connectivity index is 1.41. The normalized spacial score (nSPS) is 24.3. The Morgan fingerprint density at radius 3 is 2.46 bits per heavy atom. The van der Waals surface area contributed by atoms with Crippen LogP contribution in [0.5, 0.6) is 0 Å². The number of nitrogens with zero attached hydrogens (tertiary/aromatic N) is 3. The largest absolute Gasteiger partial charge is 0.381 e. The summed E-state index contributed by atoms with van der Waals surface area (Å²) in [4.78, 5) is 24.4. The van der Waals surface area contributed by atoms with Crippen molar-refractivity contribution in [3.8, 4) is 0 Å². The fraction of sp³-hybridized carbons (Fsp3) is 0.526. The molecule has 2 aliphatic heterocycles. The summed E-state index contributed by atoms with van der Waals surface area (Å²) < 4.78 is 5.48. The van der Waals surface area contributed by atoms with Crippen molar-refractivity contribution in [1.82, 2.24) is 14.9 Å². The van der Waals surface area contributed by atoms with Crippen molar-refractivity contribution in [2.45, 2.75) is 25.2 Å². The molecule has 1 saturated carbocycles. The molecule has 3 aliphatic rings. The Kier molecular flexibility index (Phi) is 3.30. The van der Waals surface area contributed by atoms with E-state index in [0.717, 1.165) is 62.3 Å². The molecule has 1 amide bonds. The molecule has 1 atom stereocenters. The molecule has 2 aromatic rings. The molecule has 1 aliphatic carbocycles. The van der Waals surface area contributed by atoms with Crippen LogP contribution in [0.1, 0.15) is 41.4 Å². The van der Waals surface area contributed by atoms with E-state index in [1.165, 1.54) is 0 Å². The minimum absolute atomic E-state index is 0.0605. The predicted molar refractivity (Wildman–Crippen MR) is 89.8 cm³/mol. The van der Waals surface area contributed by atoms with Crippen LogP contribution in [0.2, 0.25) is 0 Å². The smallest absolute Gasteiger partial charge is 0.274 e. The van der Waals surface area contributed by atoms with Gasteiger partial charge < -0.3 is 9.64 Å². The van der Waals surface area contributed by atoms with Gasteiger partial charge in [0.1, 0.15) is 0 Å². The zero-order valence-corrected chi connectivity index (χ0v) is 13.6. The molecule has 0 radical (unpaired) electrons. The molecule has 3 fully saturated rings. The number of benzene rings is 1. The van der Waals surface area contributed by atoms with Gasteiger partial charge in [-0.3, -0.25) is 4.79 Å². The number of para-hydroxylation sites is 2. The zero-order chi connectivity index (χ0) is 16.1. The van der Waals surface area contributed by atoms with Crippen LogP contribution in [-0.4, -0.2) is 47.1 Å². The van der Waals surface area contributed by atoms with Gasteiger partial charge in [-0.05, 0) is 43.2 Å². The first-order valence-electron chi connectivity index (χ1n) is 8.93. The lowest BCUT2D eigenvalue weighted by Gasteiger charge is -2.42. The van der Waals surface area contributed by atoms with Crippen LogP contribution < -0.4 is 0 Å². The maximum absolute atomic E-state index is 13.0.